The Labute approximate surface area is 149 Å². The summed E-state index contributed by atoms with van der Waals surface area (Å²) < 4.78 is 5.48. The summed E-state index contributed by atoms with van der Waals surface area (Å²) in [5.74, 6) is -0.638. The zero-order valence-electron chi connectivity index (χ0n) is 13.7. The van der Waals surface area contributed by atoms with Crippen LogP contribution in [0, 0.1) is 0 Å². The van der Waals surface area contributed by atoms with Gasteiger partial charge >= 0.3 is 12.1 Å². The third-order valence-corrected chi connectivity index (χ3v) is 4.40. The Kier molecular flexibility index (Phi) is 3.89. The van der Waals surface area contributed by atoms with Crippen molar-refractivity contribution < 1.29 is 19.4 Å². The highest BCUT2D eigenvalue weighted by Gasteiger charge is 2.22. The van der Waals surface area contributed by atoms with Crippen LogP contribution in [0.2, 0.25) is 0 Å². The van der Waals surface area contributed by atoms with E-state index >= 15 is 0 Å². The zero-order valence-corrected chi connectivity index (χ0v) is 13.7. The first-order valence-electron chi connectivity index (χ1n) is 8.15. The fourth-order valence-corrected chi connectivity index (χ4v) is 3.24. The third-order valence-electron chi connectivity index (χ3n) is 4.40. The molecule has 4 rings (SSSR count). The fraction of sp³-hybridized carbons (Fsp3) is 0.0476. The van der Waals surface area contributed by atoms with Gasteiger partial charge in [-0.25, -0.2) is 9.59 Å². The molecule has 5 heteroatoms. The molecule has 0 bridgehead atoms. The number of ether oxygens (including phenoxy) is 1. The van der Waals surface area contributed by atoms with Crippen molar-refractivity contribution >= 4 is 17.7 Å². The Morgan fingerprint density at radius 2 is 1.62 bits per heavy atom. The Hall–Kier alpha value is -3.60. The summed E-state index contributed by atoms with van der Waals surface area (Å²) in [6.07, 6.45) is -0.0243. The molecule has 0 saturated heterocycles. The van der Waals surface area contributed by atoms with Crippen LogP contribution >= 0.6 is 0 Å². The maximum absolute atomic E-state index is 12.3. The van der Waals surface area contributed by atoms with Gasteiger partial charge in [-0.2, -0.15) is 0 Å². The summed E-state index contributed by atoms with van der Waals surface area (Å²) in [6, 6.07) is 19.9. The average Bonchev–Trinajstić information content (AvgIpc) is 3.02. The van der Waals surface area contributed by atoms with Gasteiger partial charge in [0, 0.05) is 12.0 Å². The van der Waals surface area contributed by atoms with Crippen molar-refractivity contribution in [1.82, 2.24) is 0 Å². The number of carbonyl (C=O) groups is 2. The quantitative estimate of drug-likeness (QED) is 0.570. The molecule has 0 saturated carbocycles. The van der Waals surface area contributed by atoms with Gasteiger partial charge in [-0.15, -0.1) is 0 Å². The molecule has 1 aliphatic rings. The maximum atomic E-state index is 12.3. The van der Waals surface area contributed by atoms with Crippen LogP contribution in [0.3, 0.4) is 0 Å². The summed E-state index contributed by atoms with van der Waals surface area (Å²) in [5, 5.41) is 11.7. The van der Waals surface area contributed by atoms with E-state index < -0.39 is 12.1 Å². The van der Waals surface area contributed by atoms with Gasteiger partial charge in [-0.05, 0) is 34.9 Å². The molecule has 3 aromatic carbocycles. The van der Waals surface area contributed by atoms with Crippen molar-refractivity contribution in [2.45, 2.75) is 6.42 Å². The minimum absolute atomic E-state index is 0.00939. The van der Waals surface area contributed by atoms with E-state index in [-0.39, 0.29) is 11.3 Å². The van der Waals surface area contributed by atoms with Crippen LogP contribution in [-0.4, -0.2) is 17.2 Å². The molecule has 128 valence electrons. The smallest absolute Gasteiger partial charge is 0.417 e. The van der Waals surface area contributed by atoms with Crippen molar-refractivity contribution in [2.75, 3.05) is 5.32 Å². The van der Waals surface area contributed by atoms with Gasteiger partial charge in [0.15, 0.2) is 0 Å². The van der Waals surface area contributed by atoms with E-state index in [1.165, 1.54) is 17.7 Å². The van der Waals surface area contributed by atoms with E-state index in [0.717, 1.165) is 16.7 Å². The number of hydrogen-bond acceptors (Lipinski definition) is 3. The summed E-state index contributed by atoms with van der Waals surface area (Å²) in [7, 11) is 0. The Balaban J connectivity index is 1.58. The van der Waals surface area contributed by atoms with Gasteiger partial charge in [-0.3, -0.25) is 5.32 Å². The SMILES string of the molecule is O=C(Nc1ccccc1C(=O)O)Oc1cccc2c1Cc1ccccc1-2. The second kappa shape index (κ2) is 6.37. The van der Waals surface area contributed by atoms with Crippen LogP contribution in [0.15, 0.2) is 66.7 Å². The third kappa shape index (κ3) is 2.80. The molecule has 0 unspecified atom stereocenters. The maximum Gasteiger partial charge on any atom is 0.417 e. The number of benzene rings is 3. The van der Waals surface area contributed by atoms with E-state index in [1.807, 2.05) is 30.3 Å². The number of anilines is 1. The van der Waals surface area contributed by atoms with Crippen LogP contribution in [-0.2, 0) is 6.42 Å². The molecule has 0 fully saturated rings. The van der Waals surface area contributed by atoms with Gasteiger partial charge < -0.3 is 9.84 Å². The topological polar surface area (TPSA) is 75.6 Å². The monoisotopic (exact) mass is 345 g/mol. The number of hydrogen-bond donors (Lipinski definition) is 2. The number of aromatic carboxylic acids is 1. The first kappa shape index (κ1) is 15.9. The van der Waals surface area contributed by atoms with Gasteiger partial charge in [0.05, 0.1) is 11.3 Å². The highest BCUT2D eigenvalue weighted by Crippen LogP contribution is 2.41. The molecule has 2 N–H and O–H groups in total. The van der Waals surface area contributed by atoms with Crippen LogP contribution in [0.4, 0.5) is 10.5 Å². The lowest BCUT2D eigenvalue weighted by atomic mass is 10.1. The molecule has 3 aromatic rings. The molecular weight excluding hydrogens is 330 g/mol. The molecule has 0 radical (unpaired) electrons. The number of fused-ring (bicyclic) bond motifs is 3. The Morgan fingerprint density at radius 1 is 0.885 bits per heavy atom. The van der Waals surface area contributed by atoms with Crippen LogP contribution in [0.25, 0.3) is 11.1 Å². The fourth-order valence-electron chi connectivity index (χ4n) is 3.24. The second-order valence-electron chi connectivity index (χ2n) is 5.98. The van der Waals surface area contributed by atoms with E-state index in [9.17, 15) is 14.7 Å². The summed E-state index contributed by atoms with van der Waals surface area (Å²) in [6.45, 7) is 0. The van der Waals surface area contributed by atoms with Gasteiger partial charge in [0.1, 0.15) is 5.75 Å². The number of para-hydroxylation sites is 1. The Morgan fingerprint density at radius 3 is 2.46 bits per heavy atom. The Bertz CT molecular complexity index is 1030. The van der Waals surface area contributed by atoms with Crippen molar-refractivity contribution in [2.24, 2.45) is 0 Å². The number of amides is 1. The van der Waals surface area contributed by atoms with Crippen molar-refractivity contribution in [3.8, 4) is 16.9 Å². The predicted molar refractivity (Wildman–Crippen MR) is 97.7 cm³/mol. The van der Waals surface area contributed by atoms with Gasteiger partial charge in [0.2, 0.25) is 0 Å². The number of rotatable bonds is 3. The molecule has 5 nitrogen and oxygen atoms in total. The molecule has 1 aliphatic carbocycles. The number of carbonyl (C=O) groups excluding carboxylic acids is 1. The molecule has 0 aliphatic heterocycles. The van der Waals surface area contributed by atoms with Crippen molar-refractivity contribution in [3.05, 3.63) is 83.4 Å². The van der Waals surface area contributed by atoms with Crippen molar-refractivity contribution in [1.29, 1.82) is 0 Å². The molecule has 0 heterocycles. The molecule has 1 amide bonds. The van der Waals surface area contributed by atoms with Crippen LogP contribution < -0.4 is 10.1 Å². The van der Waals surface area contributed by atoms with Crippen molar-refractivity contribution in [3.63, 3.8) is 0 Å². The standard InChI is InChI=1S/C21H15NO4/c23-20(24)16-8-3-4-10-18(16)22-21(25)26-19-11-5-9-15-14-7-2-1-6-13(14)12-17(15)19/h1-11H,12H2,(H,22,25)(H,23,24). The lowest BCUT2D eigenvalue weighted by Crippen LogP contribution is -2.19. The van der Waals surface area contributed by atoms with Gasteiger partial charge in [-0.1, -0.05) is 48.5 Å². The largest absolute Gasteiger partial charge is 0.478 e. The molecule has 0 aromatic heterocycles. The number of nitrogens with one attached hydrogen (secondary N) is 1. The average molecular weight is 345 g/mol. The lowest BCUT2D eigenvalue weighted by molar-refractivity contribution is 0.0698. The van der Waals surface area contributed by atoms with Crippen LogP contribution in [0.5, 0.6) is 5.75 Å². The first-order valence-corrected chi connectivity index (χ1v) is 8.15. The predicted octanol–water partition coefficient (Wildman–Crippen LogP) is 4.57. The number of carboxylic acids is 1. The summed E-state index contributed by atoms with van der Waals surface area (Å²) in [4.78, 5) is 23.6. The van der Waals surface area contributed by atoms with Crippen LogP contribution in [0.1, 0.15) is 21.5 Å². The molecular formula is C21H15NO4. The molecule has 26 heavy (non-hydrogen) atoms. The normalized spacial score (nSPS) is 11.4. The first-order chi connectivity index (χ1) is 12.6. The molecule has 0 spiro atoms. The number of carboxylic acid groups (broad SMARTS) is 1. The van der Waals surface area contributed by atoms with E-state index in [1.54, 1.807) is 18.2 Å². The van der Waals surface area contributed by atoms with E-state index in [0.29, 0.717) is 12.2 Å². The highest BCUT2D eigenvalue weighted by atomic mass is 16.6. The van der Waals surface area contributed by atoms with E-state index in [2.05, 4.69) is 11.4 Å². The van der Waals surface area contributed by atoms with E-state index in [4.69, 9.17) is 4.74 Å². The zero-order chi connectivity index (χ0) is 18.1. The lowest BCUT2D eigenvalue weighted by Gasteiger charge is -2.11. The van der Waals surface area contributed by atoms with Gasteiger partial charge in [0.25, 0.3) is 0 Å². The minimum Gasteiger partial charge on any atom is -0.478 e. The second-order valence-corrected chi connectivity index (χ2v) is 5.98. The molecule has 0 atom stereocenters. The summed E-state index contributed by atoms with van der Waals surface area (Å²) >= 11 is 0. The summed E-state index contributed by atoms with van der Waals surface area (Å²) in [5.41, 5.74) is 4.54. The minimum atomic E-state index is -1.11. The highest BCUT2D eigenvalue weighted by molar-refractivity contribution is 5.99.